The van der Waals surface area contributed by atoms with Crippen molar-refractivity contribution in [2.45, 2.75) is 57.1 Å². The van der Waals surface area contributed by atoms with Crippen molar-refractivity contribution in [3.63, 3.8) is 0 Å². The SMILES string of the molecule is C=C/C(=C\C(=C)Br)OC[C@@H](CCNCc1cccc(C(F)(F)F)c1)NC(=O)c1cc(N(C)CC2CC2)nc(N(C)SC(C)C)c1. The van der Waals surface area contributed by atoms with Crippen LogP contribution in [-0.4, -0.2) is 56.0 Å². The molecule has 1 aromatic carbocycles. The van der Waals surface area contributed by atoms with E-state index in [9.17, 15) is 18.0 Å². The average molecular weight is 711 g/mol. The molecule has 45 heavy (non-hydrogen) atoms. The standard InChI is InChI=1S/C33H43BrF3N5O2S/c1-7-29(15-23(4)34)44-21-28(13-14-38-19-25-9-8-10-27(16-25)33(35,36)37)39-32(43)26-17-30(41(5)20-24-11-12-24)40-31(18-26)42(6)45-22(2)3/h7-10,15-18,22,24,28,38H,1,4,11-14,19-21H2,2-3,5-6H3,(H,39,43)/b29-15+/t28-/m1/s1. The minimum atomic E-state index is -4.40. The van der Waals surface area contributed by atoms with Crippen LogP contribution in [0.25, 0.3) is 0 Å². The number of benzene rings is 1. The summed E-state index contributed by atoms with van der Waals surface area (Å²) in [6, 6.07) is 8.40. The molecular formula is C33H43BrF3N5O2S. The smallest absolute Gasteiger partial charge is 0.416 e. The molecule has 1 aliphatic carbocycles. The summed E-state index contributed by atoms with van der Waals surface area (Å²) in [5, 5.41) is 6.62. The second kappa shape index (κ2) is 17.1. The minimum Gasteiger partial charge on any atom is -0.491 e. The van der Waals surface area contributed by atoms with E-state index in [-0.39, 0.29) is 19.1 Å². The number of rotatable bonds is 18. The van der Waals surface area contributed by atoms with Gasteiger partial charge < -0.3 is 24.6 Å². The molecule has 0 radical (unpaired) electrons. The quantitative estimate of drug-likeness (QED) is 0.0711. The zero-order valence-corrected chi connectivity index (χ0v) is 28.7. The first kappa shape index (κ1) is 36.5. The molecule has 0 bridgehead atoms. The van der Waals surface area contributed by atoms with Gasteiger partial charge in [0, 0.05) is 42.5 Å². The molecule has 7 nitrogen and oxygen atoms in total. The van der Waals surface area contributed by atoms with E-state index in [1.165, 1.54) is 18.9 Å². The highest BCUT2D eigenvalue weighted by Gasteiger charge is 2.30. The Morgan fingerprint density at radius 2 is 1.93 bits per heavy atom. The summed E-state index contributed by atoms with van der Waals surface area (Å²) in [5.41, 5.74) is 0.308. The third kappa shape index (κ3) is 12.8. The van der Waals surface area contributed by atoms with Crippen LogP contribution in [0.15, 0.2) is 71.9 Å². The van der Waals surface area contributed by atoms with E-state index in [2.05, 4.69) is 58.5 Å². The van der Waals surface area contributed by atoms with Crippen molar-refractivity contribution in [3.05, 3.63) is 88.6 Å². The Kier molecular flexibility index (Phi) is 13.9. The Morgan fingerprint density at radius 3 is 2.56 bits per heavy atom. The summed E-state index contributed by atoms with van der Waals surface area (Å²) in [5.74, 6) is 2.26. The first-order chi connectivity index (χ1) is 21.2. The molecule has 12 heteroatoms. The molecule has 0 spiro atoms. The largest absolute Gasteiger partial charge is 0.491 e. The third-order valence-corrected chi connectivity index (χ3v) is 8.07. The van der Waals surface area contributed by atoms with Gasteiger partial charge in [-0.3, -0.25) is 4.79 Å². The van der Waals surface area contributed by atoms with Crippen molar-refractivity contribution in [1.82, 2.24) is 15.6 Å². The van der Waals surface area contributed by atoms with E-state index in [1.807, 2.05) is 24.5 Å². The Labute approximate surface area is 277 Å². The second-order valence-corrected chi connectivity index (χ2v) is 14.1. The number of carbonyl (C=O) groups excluding carboxylic acids is 1. The molecule has 2 aromatic rings. The van der Waals surface area contributed by atoms with Crippen LogP contribution in [0.5, 0.6) is 0 Å². The number of halogens is 4. The van der Waals surface area contributed by atoms with Crippen LogP contribution in [-0.2, 0) is 17.5 Å². The number of nitrogens with zero attached hydrogens (tertiary/aromatic N) is 3. The van der Waals surface area contributed by atoms with E-state index in [4.69, 9.17) is 9.72 Å². The molecule has 2 N–H and O–H groups in total. The van der Waals surface area contributed by atoms with Gasteiger partial charge in [-0.25, -0.2) is 4.98 Å². The van der Waals surface area contributed by atoms with Crippen LogP contribution >= 0.6 is 27.9 Å². The molecule has 1 saturated carbocycles. The van der Waals surface area contributed by atoms with Crippen LogP contribution in [0.2, 0.25) is 0 Å². The maximum Gasteiger partial charge on any atom is 0.416 e. The predicted molar refractivity (Wildman–Crippen MR) is 183 cm³/mol. The fourth-order valence-corrected chi connectivity index (χ4v) is 5.54. The highest BCUT2D eigenvalue weighted by atomic mass is 79.9. The van der Waals surface area contributed by atoms with Crippen molar-refractivity contribution in [2.24, 2.45) is 5.92 Å². The number of ether oxygens (including phenoxy) is 1. The monoisotopic (exact) mass is 709 g/mol. The van der Waals surface area contributed by atoms with Crippen LogP contribution in [0.4, 0.5) is 24.8 Å². The number of alkyl halides is 3. The van der Waals surface area contributed by atoms with Gasteiger partial charge in [-0.2, -0.15) is 13.2 Å². The maximum absolute atomic E-state index is 13.7. The number of hydrogen-bond donors (Lipinski definition) is 2. The van der Waals surface area contributed by atoms with Gasteiger partial charge in [0.25, 0.3) is 5.91 Å². The summed E-state index contributed by atoms with van der Waals surface area (Å²) < 4.78 is 47.9. The highest BCUT2D eigenvalue weighted by molar-refractivity contribution is 9.11. The third-order valence-electron chi connectivity index (χ3n) is 6.91. The van der Waals surface area contributed by atoms with E-state index in [0.29, 0.717) is 51.3 Å². The second-order valence-electron chi connectivity index (χ2n) is 11.4. The van der Waals surface area contributed by atoms with Gasteiger partial charge in [-0.15, -0.1) is 0 Å². The molecule has 1 aliphatic rings. The molecule has 0 aliphatic heterocycles. The van der Waals surface area contributed by atoms with Crippen LogP contribution in [0.3, 0.4) is 0 Å². The minimum absolute atomic E-state index is 0.143. The lowest BCUT2D eigenvalue weighted by atomic mass is 10.1. The summed E-state index contributed by atoms with van der Waals surface area (Å²) in [6.45, 7) is 13.5. The van der Waals surface area contributed by atoms with Crippen LogP contribution in [0.1, 0.15) is 54.6 Å². The Bertz CT molecular complexity index is 1320. The Balaban J connectivity index is 1.76. The van der Waals surface area contributed by atoms with Crippen molar-refractivity contribution in [1.29, 1.82) is 0 Å². The fourth-order valence-electron chi connectivity index (χ4n) is 4.48. The predicted octanol–water partition coefficient (Wildman–Crippen LogP) is 7.71. The Hall–Kier alpha value is -2.96. The summed E-state index contributed by atoms with van der Waals surface area (Å²) in [4.78, 5) is 20.7. The first-order valence-corrected chi connectivity index (χ1v) is 16.5. The summed E-state index contributed by atoms with van der Waals surface area (Å²) >= 11 is 4.91. The molecule has 0 unspecified atom stereocenters. The van der Waals surface area contributed by atoms with Crippen molar-refractivity contribution in [3.8, 4) is 0 Å². The molecule has 0 saturated heterocycles. The summed E-state index contributed by atoms with van der Waals surface area (Å²) in [7, 11) is 3.93. The molecular weight excluding hydrogens is 667 g/mol. The van der Waals surface area contributed by atoms with E-state index in [0.717, 1.165) is 24.5 Å². The molecule has 1 aromatic heterocycles. The van der Waals surface area contributed by atoms with Gasteiger partial charge in [0.15, 0.2) is 0 Å². The zero-order valence-electron chi connectivity index (χ0n) is 26.3. The molecule has 3 rings (SSSR count). The van der Waals surface area contributed by atoms with Gasteiger partial charge >= 0.3 is 6.18 Å². The number of allylic oxidation sites excluding steroid dienone is 3. The van der Waals surface area contributed by atoms with Gasteiger partial charge in [-0.05, 0) is 79.6 Å². The number of hydrogen-bond acceptors (Lipinski definition) is 7. The van der Waals surface area contributed by atoms with Gasteiger partial charge in [0.05, 0.1) is 11.6 Å². The average Bonchev–Trinajstić information content (AvgIpc) is 3.80. The van der Waals surface area contributed by atoms with Gasteiger partial charge in [0.1, 0.15) is 24.0 Å². The molecule has 1 fully saturated rings. The highest BCUT2D eigenvalue weighted by Crippen LogP contribution is 2.32. The normalized spacial score (nSPS) is 14.2. The molecule has 1 atom stereocenters. The van der Waals surface area contributed by atoms with Crippen LogP contribution in [0, 0.1) is 5.92 Å². The van der Waals surface area contributed by atoms with Crippen molar-refractivity contribution < 1.29 is 22.7 Å². The number of aromatic nitrogens is 1. The van der Waals surface area contributed by atoms with Crippen LogP contribution < -0.4 is 19.8 Å². The van der Waals surface area contributed by atoms with E-state index >= 15 is 0 Å². The van der Waals surface area contributed by atoms with E-state index in [1.54, 1.807) is 36.2 Å². The van der Waals surface area contributed by atoms with Crippen molar-refractivity contribution in [2.75, 3.05) is 43.0 Å². The lowest BCUT2D eigenvalue weighted by Gasteiger charge is -2.25. The number of pyridine rings is 1. The summed E-state index contributed by atoms with van der Waals surface area (Å²) in [6.07, 6.45) is 1.69. The van der Waals surface area contributed by atoms with Gasteiger partial charge in [0.2, 0.25) is 0 Å². The first-order valence-electron chi connectivity index (χ1n) is 14.9. The number of carbonyl (C=O) groups is 1. The molecule has 246 valence electrons. The topological polar surface area (TPSA) is 69.7 Å². The molecule has 1 heterocycles. The maximum atomic E-state index is 13.7. The lowest BCUT2D eigenvalue weighted by molar-refractivity contribution is -0.137. The number of amides is 1. The number of nitrogens with one attached hydrogen (secondary N) is 2. The number of anilines is 2. The fraction of sp³-hybridized carbons (Fsp3) is 0.455. The van der Waals surface area contributed by atoms with Crippen molar-refractivity contribution >= 4 is 45.4 Å². The lowest BCUT2D eigenvalue weighted by Crippen LogP contribution is -2.40. The van der Waals surface area contributed by atoms with E-state index < -0.39 is 17.8 Å². The molecule has 1 amide bonds. The zero-order chi connectivity index (χ0) is 33.1. The Morgan fingerprint density at radius 1 is 1.22 bits per heavy atom. The van der Waals surface area contributed by atoms with Gasteiger partial charge in [-0.1, -0.05) is 61.1 Å².